The predicted octanol–water partition coefficient (Wildman–Crippen LogP) is 1.35. The van der Waals surface area contributed by atoms with Gasteiger partial charge in [-0.2, -0.15) is 0 Å². The maximum Gasteiger partial charge on any atom is 0.264 e. The number of amides is 1. The zero-order valence-electron chi connectivity index (χ0n) is 11.2. The molecule has 1 amide bonds. The molecule has 2 N–H and O–H groups in total. The average molecular weight is 262 g/mol. The van der Waals surface area contributed by atoms with Crippen molar-refractivity contribution in [3.05, 3.63) is 23.8 Å². The third-order valence-corrected chi connectivity index (χ3v) is 3.19. The summed E-state index contributed by atoms with van der Waals surface area (Å²) in [7, 11) is 1.68. The summed E-state index contributed by atoms with van der Waals surface area (Å²) in [5.74, 6) is 0.546. The van der Waals surface area contributed by atoms with Crippen LogP contribution in [0.5, 0.6) is 5.75 Å². The van der Waals surface area contributed by atoms with Crippen LogP contribution in [0.1, 0.15) is 30.1 Å². The number of likely N-dealkylation sites (N-methyl/N-ethyl adjacent to an activating group) is 1. The van der Waals surface area contributed by atoms with Crippen molar-refractivity contribution >= 4 is 17.4 Å². The van der Waals surface area contributed by atoms with Crippen LogP contribution in [0.4, 0.5) is 5.69 Å². The molecule has 0 saturated heterocycles. The van der Waals surface area contributed by atoms with Crippen molar-refractivity contribution in [2.45, 2.75) is 25.8 Å². The number of hydrogen-bond donors (Lipinski definition) is 1. The number of ketones is 1. The minimum atomic E-state index is -0.118. The van der Waals surface area contributed by atoms with Crippen LogP contribution in [0, 0.1) is 0 Å². The van der Waals surface area contributed by atoms with Crippen molar-refractivity contribution in [2.24, 2.45) is 5.73 Å². The summed E-state index contributed by atoms with van der Waals surface area (Å²) in [4.78, 5) is 25.1. The fraction of sp³-hybridized carbons (Fsp3) is 0.429. The molecule has 102 valence electrons. The Balaban J connectivity index is 2.20. The van der Waals surface area contributed by atoms with Gasteiger partial charge in [0.1, 0.15) is 5.75 Å². The number of carbonyl (C=O) groups is 2. The van der Waals surface area contributed by atoms with Crippen molar-refractivity contribution in [3.63, 3.8) is 0 Å². The molecule has 1 aliphatic heterocycles. The average Bonchev–Trinajstić information content (AvgIpc) is 2.40. The second kappa shape index (κ2) is 5.40. The van der Waals surface area contributed by atoms with Crippen molar-refractivity contribution in [2.75, 3.05) is 18.6 Å². The molecule has 1 atom stereocenters. The molecule has 0 spiro atoms. The molecule has 1 heterocycles. The summed E-state index contributed by atoms with van der Waals surface area (Å²) in [6.07, 6.45) is 1.07. The molecule has 1 aromatic rings. The fourth-order valence-corrected chi connectivity index (χ4v) is 1.95. The van der Waals surface area contributed by atoms with Gasteiger partial charge in [-0.25, -0.2) is 0 Å². The number of nitrogens with zero attached hydrogens (tertiary/aromatic N) is 1. The van der Waals surface area contributed by atoms with Crippen LogP contribution in [0.15, 0.2) is 18.2 Å². The Kier molecular flexibility index (Phi) is 3.85. The molecule has 0 saturated carbocycles. The van der Waals surface area contributed by atoms with E-state index in [-0.39, 0.29) is 24.3 Å². The first-order valence-electron chi connectivity index (χ1n) is 6.31. The number of hydrogen-bond acceptors (Lipinski definition) is 4. The quantitative estimate of drug-likeness (QED) is 0.831. The Hall–Kier alpha value is -1.88. The standard InChI is InChI=1S/C14H18N2O3/c1-9(15)3-5-12(17)10-4-6-13-11(7-10)16(2)14(18)8-19-13/h4,6-7,9H,3,5,8,15H2,1-2H3. The number of carbonyl (C=O) groups excluding carboxylic acids is 2. The van der Waals surface area contributed by atoms with Crippen molar-refractivity contribution in [1.82, 2.24) is 0 Å². The molecular formula is C14H18N2O3. The Morgan fingerprint density at radius 2 is 2.26 bits per heavy atom. The first-order chi connectivity index (χ1) is 8.99. The normalized spacial score (nSPS) is 15.7. The molecule has 5 nitrogen and oxygen atoms in total. The topological polar surface area (TPSA) is 72.6 Å². The predicted molar refractivity (Wildman–Crippen MR) is 72.6 cm³/mol. The third-order valence-electron chi connectivity index (χ3n) is 3.19. The van der Waals surface area contributed by atoms with Gasteiger partial charge in [0.05, 0.1) is 5.69 Å². The van der Waals surface area contributed by atoms with Crippen LogP contribution in [-0.4, -0.2) is 31.4 Å². The maximum absolute atomic E-state index is 12.0. The number of fused-ring (bicyclic) bond motifs is 1. The molecule has 1 aliphatic rings. The van der Waals surface area contributed by atoms with Crippen LogP contribution in [0.25, 0.3) is 0 Å². The van der Waals surface area contributed by atoms with Gasteiger partial charge in [0, 0.05) is 25.1 Å². The zero-order chi connectivity index (χ0) is 14.0. The molecule has 0 bridgehead atoms. The van der Waals surface area contributed by atoms with Gasteiger partial charge in [0.2, 0.25) is 0 Å². The van der Waals surface area contributed by atoms with Crippen LogP contribution in [0.3, 0.4) is 0 Å². The van der Waals surface area contributed by atoms with E-state index >= 15 is 0 Å². The van der Waals surface area contributed by atoms with E-state index in [1.165, 1.54) is 4.90 Å². The van der Waals surface area contributed by atoms with Gasteiger partial charge in [0.25, 0.3) is 5.91 Å². The maximum atomic E-state index is 12.0. The minimum absolute atomic E-state index is 0.00848. The molecule has 1 unspecified atom stereocenters. The smallest absolute Gasteiger partial charge is 0.264 e. The van der Waals surface area contributed by atoms with E-state index < -0.39 is 0 Å². The molecule has 0 aromatic heterocycles. The lowest BCUT2D eigenvalue weighted by atomic mass is 10.0. The lowest BCUT2D eigenvalue weighted by Gasteiger charge is -2.26. The van der Waals surface area contributed by atoms with Crippen LogP contribution in [0.2, 0.25) is 0 Å². The monoisotopic (exact) mass is 262 g/mol. The Labute approximate surface area is 112 Å². The largest absolute Gasteiger partial charge is 0.482 e. The molecule has 19 heavy (non-hydrogen) atoms. The Morgan fingerprint density at radius 3 is 2.95 bits per heavy atom. The summed E-state index contributed by atoms with van der Waals surface area (Å²) >= 11 is 0. The number of anilines is 1. The molecule has 0 radical (unpaired) electrons. The molecule has 0 fully saturated rings. The highest BCUT2D eigenvalue weighted by molar-refractivity contribution is 6.01. The van der Waals surface area contributed by atoms with Gasteiger partial charge in [-0.1, -0.05) is 0 Å². The minimum Gasteiger partial charge on any atom is -0.482 e. The second-order valence-corrected chi connectivity index (χ2v) is 4.86. The first-order valence-corrected chi connectivity index (χ1v) is 6.31. The number of ether oxygens (including phenoxy) is 1. The highest BCUT2D eigenvalue weighted by Crippen LogP contribution is 2.32. The van der Waals surface area contributed by atoms with Crippen LogP contribution >= 0.6 is 0 Å². The lowest BCUT2D eigenvalue weighted by Crippen LogP contribution is -2.35. The van der Waals surface area contributed by atoms with E-state index in [2.05, 4.69) is 0 Å². The van der Waals surface area contributed by atoms with Crippen LogP contribution < -0.4 is 15.4 Å². The van der Waals surface area contributed by atoms with Crippen LogP contribution in [-0.2, 0) is 4.79 Å². The van der Waals surface area contributed by atoms with E-state index in [4.69, 9.17) is 10.5 Å². The Morgan fingerprint density at radius 1 is 1.53 bits per heavy atom. The summed E-state index contributed by atoms with van der Waals surface area (Å²) in [6, 6.07) is 5.17. The van der Waals surface area contributed by atoms with Gasteiger partial charge in [-0.05, 0) is 31.5 Å². The van der Waals surface area contributed by atoms with E-state index in [0.717, 1.165) is 0 Å². The van der Waals surface area contributed by atoms with Crippen molar-refractivity contribution in [3.8, 4) is 5.75 Å². The number of rotatable bonds is 4. The zero-order valence-corrected chi connectivity index (χ0v) is 11.2. The van der Waals surface area contributed by atoms with Crippen molar-refractivity contribution < 1.29 is 14.3 Å². The fourth-order valence-electron chi connectivity index (χ4n) is 1.95. The molecular weight excluding hydrogens is 244 g/mol. The van der Waals surface area contributed by atoms with Gasteiger partial charge < -0.3 is 15.4 Å². The highest BCUT2D eigenvalue weighted by atomic mass is 16.5. The van der Waals surface area contributed by atoms with Gasteiger partial charge in [0.15, 0.2) is 12.4 Å². The Bertz CT molecular complexity index is 511. The number of Topliss-reactive ketones (excluding diaryl/α,β-unsaturated/α-hetero) is 1. The van der Waals surface area contributed by atoms with E-state index in [1.54, 1.807) is 25.2 Å². The van der Waals surface area contributed by atoms with Gasteiger partial charge in [-0.15, -0.1) is 0 Å². The van der Waals surface area contributed by atoms with E-state index in [0.29, 0.717) is 29.8 Å². The second-order valence-electron chi connectivity index (χ2n) is 4.86. The number of nitrogens with two attached hydrogens (primary N) is 1. The first kappa shape index (κ1) is 13.5. The highest BCUT2D eigenvalue weighted by Gasteiger charge is 2.23. The molecule has 2 rings (SSSR count). The third kappa shape index (κ3) is 2.93. The molecule has 0 aliphatic carbocycles. The van der Waals surface area contributed by atoms with Crippen molar-refractivity contribution in [1.29, 1.82) is 0 Å². The van der Waals surface area contributed by atoms with Gasteiger partial charge >= 0.3 is 0 Å². The SMILES string of the molecule is CC(N)CCC(=O)c1ccc2c(c1)N(C)C(=O)CO2. The molecule has 5 heteroatoms. The summed E-state index contributed by atoms with van der Waals surface area (Å²) in [5, 5.41) is 0. The summed E-state index contributed by atoms with van der Waals surface area (Å²) < 4.78 is 5.32. The number of benzene rings is 1. The van der Waals surface area contributed by atoms with E-state index in [9.17, 15) is 9.59 Å². The summed E-state index contributed by atoms with van der Waals surface area (Å²) in [6.45, 7) is 1.92. The van der Waals surface area contributed by atoms with E-state index in [1.807, 2.05) is 6.92 Å². The summed E-state index contributed by atoms with van der Waals surface area (Å²) in [5.41, 5.74) is 6.87. The lowest BCUT2D eigenvalue weighted by molar-refractivity contribution is -0.120. The van der Waals surface area contributed by atoms with Gasteiger partial charge in [-0.3, -0.25) is 9.59 Å². The molecule has 1 aromatic carbocycles.